The first kappa shape index (κ1) is 22.7. The Morgan fingerprint density at radius 2 is 1.91 bits per heavy atom. The van der Waals surface area contributed by atoms with Gasteiger partial charge in [-0.1, -0.05) is 12.1 Å². The maximum atomic E-state index is 12.7. The van der Waals surface area contributed by atoms with Crippen LogP contribution >= 0.6 is 11.3 Å². The number of nitrogens with zero attached hydrogens (tertiary/aromatic N) is 4. The molecule has 0 amide bonds. The van der Waals surface area contributed by atoms with Crippen molar-refractivity contribution in [1.82, 2.24) is 19.9 Å². The Balaban J connectivity index is 1.66. The van der Waals surface area contributed by atoms with Crippen LogP contribution in [0.5, 0.6) is 0 Å². The minimum Gasteiger partial charge on any atom is -0.367 e. The summed E-state index contributed by atoms with van der Waals surface area (Å²) in [6.45, 7) is 1.63. The maximum Gasteiger partial charge on any atom is 0.405 e. The number of rotatable bonds is 7. The Morgan fingerprint density at radius 1 is 1.12 bits per heavy atom. The lowest BCUT2D eigenvalue weighted by atomic mass is 10.1. The van der Waals surface area contributed by atoms with Crippen LogP contribution in [-0.4, -0.2) is 59.3 Å². The smallest absolute Gasteiger partial charge is 0.367 e. The zero-order valence-electron chi connectivity index (χ0n) is 18.3. The number of alkyl halides is 3. The molecule has 10 heteroatoms. The van der Waals surface area contributed by atoms with Gasteiger partial charge in [-0.25, -0.2) is 9.97 Å². The van der Waals surface area contributed by atoms with Gasteiger partial charge in [0.1, 0.15) is 17.4 Å². The summed E-state index contributed by atoms with van der Waals surface area (Å²) < 4.78 is 39.2. The number of halogens is 3. The highest BCUT2D eigenvalue weighted by Gasteiger charge is 2.29. The maximum absolute atomic E-state index is 12.7. The zero-order valence-corrected chi connectivity index (χ0v) is 19.1. The van der Waals surface area contributed by atoms with Crippen LogP contribution < -0.4 is 10.6 Å². The van der Waals surface area contributed by atoms with E-state index in [1.807, 2.05) is 24.3 Å². The van der Waals surface area contributed by atoms with Gasteiger partial charge in [-0.15, -0.1) is 11.3 Å². The third kappa shape index (κ3) is 5.47. The third-order valence-corrected chi connectivity index (χ3v) is 6.60. The van der Waals surface area contributed by atoms with Gasteiger partial charge >= 0.3 is 6.18 Å². The van der Waals surface area contributed by atoms with E-state index in [9.17, 15) is 13.2 Å². The summed E-state index contributed by atoms with van der Waals surface area (Å²) in [7, 11) is 4.14. The molecule has 2 heterocycles. The molecule has 3 aromatic rings. The zero-order chi connectivity index (χ0) is 22.9. The molecule has 0 saturated heterocycles. The fourth-order valence-corrected chi connectivity index (χ4v) is 5.32. The molecule has 1 aliphatic rings. The molecule has 0 radical (unpaired) electrons. The summed E-state index contributed by atoms with van der Waals surface area (Å²) in [6.07, 6.45) is -1.26. The van der Waals surface area contributed by atoms with Crippen molar-refractivity contribution in [2.75, 3.05) is 37.8 Å². The highest BCUT2D eigenvalue weighted by Crippen LogP contribution is 2.38. The number of hydrogen-bond donors (Lipinski definition) is 2. The summed E-state index contributed by atoms with van der Waals surface area (Å²) >= 11 is 1.53. The van der Waals surface area contributed by atoms with E-state index in [4.69, 9.17) is 4.98 Å². The van der Waals surface area contributed by atoms with Gasteiger partial charge in [0.15, 0.2) is 0 Å². The Kier molecular flexibility index (Phi) is 6.52. The number of aryl methyl sites for hydroxylation is 1. The molecule has 0 spiro atoms. The van der Waals surface area contributed by atoms with Gasteiger partial charge < -0.3 is 15.5 Å². The number of benzene rings is 1. The predicted molar refractivity (Wildman–Crippen MR) is 123 cm³/mol. The molecular formula is C22H27F3N6S. The standard InChI is InChI=1S/C22H27F3N6S/c1-13-18(20-29-16-6-4-5-7-17(16)32-20)19(30-21(27-13)26-12-22(23,24)25)28-15-9-8-14(10-15)11-31(2)3/h4-7,14-15H,8-12H2,1-3H3,(H2,26,27,28,30)/t14-,15+/m1/s1. The lowest BCUT2D eigenvalue weighted by Crippen LogP contribution is -2.24. The largest absolute Gasteiger partial charge is 0.405 e. The first-order chi connectivity index (χ1) is 15.2. The molecular weight excluding hydrogens is 437 g/mol. The number of hydrogen-bond acceptors (Lipinski definition) is 7. The lowest BCUT2D eigenvalue weighted by Gasteiger charge is -2.19. The second-order valence-corrected chi connectivity index (χ2v) is 9.62. The van der Waals surface area contributed by atoms with Crippen molar-refractivity contribution in [1.29, 1.82) is 0 Å². The minimum absolute atomic E-state index is 0.0324. The molecule has 172 valence electrons. The highest BCUT2D eigenvalue weighted by atomic mass is 32.1. The second kappa shape index (κ2) is 9.19. The van der Waals surface area contributed by atoms with Gasteiger partial charge in [-0.05, 0) is 58.3 Å². The average molecular weight is 465 g/mol. The number of nitrogens with one attached hydrogen (secondary N) is 2. The van der Waals surface area contributed by atoms with Gasteiger partial charge in [0.2, 0.25) is 5.95 Å². The molecule has 6 nitrogen and oxygen atoms in total. The van der Waals surface area contributed by atoms with Crippen molar-refractivity contribution in [2.24, 2.45) is 5.92 Å². The summed E-state index contributed by atoms with van der Waals surface area (Å²) in [6, 6.07) is 8.04. The van der Waals surface area contributed by atoms with Crippen LogP contribution in [0, 0.1) is 12.8 Å². The van der Waals surface area contributed by atoms with Gasteiger partial charge in [-0.3, -0.25) is 0 Å². The summed E-state index contributed by atoms with van der Waals surface area (Å²) in [5, 5.41) is 6.59. The molecule has 2 N–H and O–H groups in total. The van der Waals surface area contributed by atoms with E-state index < -0.39 is 12.7 Å². The second-order valence-electron chi connectivity index (χ2n) is 8.59. The quantitative estimate of drug-likeness (QED) is 0.502. The summed E-state index contributed by atoms with van der Waals surface area (Å²) in [5.74, 6) is 1.09. The lowest BCUT2D eigenvalue weighted by molar-refractivity contribution is -0.115. The van der Waals surface area contributed by atoms with Gasteiger partial charge in [-0.2, -0.15) is 18.2 Å². The topological polar surface area (TPSA) is 66.0 Å². The van der Waals surface area contributed by atoms with Gasteiger partial charge in [0, 0.05) is 12.6 Å². The van der Waals surface area contributed by atoms with Crippen molar-refractivity contribution in [3.63, 3.8) is 0 Å². The van der Waals surface area contributed by atoms with Crippen molar-refractivity contribution in [2.45, 2.75) is 38.4 Å². The van der Waals surface area contributed by atoms with E-state index in [0.717, 1.165) is 46.6 Å². The Morgan fingerprint density at radius 3 is 2.62 bits per heavy atom. The molecule has 1 aromatic carbocycles. The van der Waals surface area contributed by atoms with E-state index in [1.165, 1.54) is 11.3 Å². The number of fused-ring (bicyclic) bond motifs is 1. The third-order valence-electron chi connectivity index (χ3n) is 5.55. The van der Waals surface area contributed by atoms with Crippen LogP contribution in [0.1, 0.15) is 25.0 Å². The minimum atomic E-state index is -4.35. The molecule has 0 unspecified atom stereocenters. The van der Waals surface area contributed by atoms with Crippen LogP contribution in [0.2, 0.25) is 0 Å². The van der Waals surface area contributed by atoms with Crippen molar-refractivity contribution in [3.8, 4) is 10.6 Å². The van der Waals surface area contributed by atoms with Crippen molar-refractivity contribution in [3.05, 3.63) is 30.0 Å². The predicted octanol–water partition coefficient (Wildman–Crippen LogP) is 5.18. The molecule has 2 aromatic heterocycles. The van der Waals surface area contributed by atoms with Gasteiger partial charge in [0.05, 0.1) is 21.5 Å². The molecule has 1 aliphatic carbocycles. The van der Waals surface area contributed by atoms with Crippen molar-refractivity contribution < 1.29 is 13.2 Å². The molecule has 1 fully saturated rings. The molecule has 32 heavy (non-hydrogen) atoms. The Hall–Kier alpha value is -2.46. The van der Waals surface area contributed by atoms with Crippen LogP contribution in [0.15, 0.2) is 24.3 Å². The van der Waals surface area contributed by atoms with E-state index >= 15 is 0 Å². The number of anilines is 2. The monoisotopic (exact) mass is 464 g/mol. The van der Waals surface area contributed by atoms with E-state index in [2.05, 4.69) is 39.6 Å². The van der Waals surface area contributed by atoms with Crippen LogP contribution in [0.4, 0.5) is 24.9 Å². The Labute approximate surface area is 189 Å². The molecule has 4 rings (SSSR count). The molecule has 2 atom stereocenters. The van der Waals surface area contributed by atoms with Crippen molar-refractivity contribution >= 4 is 33.3 Å². The number of thiazole rings is 1. The highest BCUT2D eigenvalue weighted by molar-refractivity contribution is 7.21. The first-order valence-corrected chi connectivity index (χ1v) is 11.5. The molecule has 1 saturated carbocycles. The van der Waals surface area contributed by atoms with E-state index in [0.29, 0.717) is 17.4 Å². The van der Waals surface area contributed by atoms with Crippen LogP contribution in [-0.2, 0) is 0 Å². The van der Waals surface area contributed by atoms with Gasteiger partial charge in [0.25, 0.3) is 0 Å². The molecule has 0 aliphatic heterocycles. The Bertz CT molecular complexity index is 1050. The number of para-hydroxylation sites is 1. The number of aromatic nitrogens is 3. The SMILES string of the molecule is Cc1nc(NCC(F)(F)F)nc(N[C@H]2CC[C@@H](CN(C)C)C2)c1-c1nc2ccccc2s1. The normalized spacial score (nSPS) is 19.1. The summed E-state index contributed by atoms with van der Waals surface area (Å²) in [5.41, 5.74) is 2.22. The summed E-state index contributed by atoms with van der Waals surface area (Å²) in [4.78, 5) is 15.7. The molecule has 0 bridgehead atoms. The van der Waals surface area contributed by atoms with Crippen LogP contribution in [0.3, 0.4) is 0 Å². The van der Waals surface area contributed by atoms with E-state index in [-0.39, 0.29) is 12.0 Å². The van der Waals surface area contributed by atoms with Crippen LogP contribution in [0.25, 0.3) is 20.8 Å². The fraction of sp³-hybridized carbons (Fsp3) is 0.500. The average Bonchev–Trinajstić information content (AvgIpc) is 3.31. The fourth-order valence-electron chi connectivity index (χ4n) is 4.25. The first-order valence-electron chi connectivity index (χ1n) is 10.6. The van der Waals surface area contributed by atoms with E-state index in [1.54, 1.807) is 6.92 Å².